The normalized spacial score (nSPS) is 18.8. The Hall–Kier alpha value is -1.42. The van der Waals surface area contributed by atoms with Crippen LogP contribution >= 0.6 is 11.6 Å². The molecule has 1 aliphatic heterocycles. The van der Waals surface area contributed by atoms with Gasteiger partial charge in [0.15, 0.2) is 11.5 Å². The first-order chi connectivity index (χ1) is 8.65. The Balaban J connectivity index is 2.20. The molecule has 0 spiro atoms. The SMILES string of the molecule is COc1ccc(C(=O)N2CCC(Cl)C2)cc1OC. The molecule has 1 unspecified atom stereocenters. The Labute approximate surface area is 111 Å². The number of likely N-dealkylation sites (tertiary alicyclic amines) is 1. The molecule has 0 saturated carbocycles. The molecular formula is C13H16ClNO3. The van der Waals surface area contributed by atoms with Gasteiger partial charge in [-0.1, -0.05) is 0 Å². The molecule has 1 atom stereocenters. The van der Waals surface area contributed by atoms with Crippen molar-refractivity contribution in [3.05, 3.63) is 23.8 Å². The van der Waals surface area contributed by atoms with Crippen LogP contribution in [0, 0.1) is 0 Å². The summed E-state index contributed by atoms with van der Waals surface area (Å²) >= 11 is 6.01. The highest BCUT2D eigenvalue weighted by atomic mass is 35.5. The van der Waals surface area contributed by atoms with Crippen molar-refractivity contribution in [2.75, 3.05) is 27.3 Å². The summed E-state index contributed by atoms with van der Waals surface area (Å²) in [6.45, 7) is 1.32. The van der Waals surface area contributed by atoms with Gasteiger partial charge in [-0.2, -0.15) is 0 Å². The molecule has 1 aromatic rings. The van der Waals surface area contributed by atoms with Crippen LogP contribution in [-0.2, 0) is 0 Å². The minimum Gasteiger partial charge on any atom is -0.493 e. The molecule has 1 aliphatic rings. The van der Waals surface area contributed by atoms with E-state index in [4.69, 9.17) is 21.1 Å². The van der Waals surface area contributed by atoms with Crippen LogP contribution < -0.4 is 9.47 Å². The number of hydrogen-bond donors (Lipinski definition) is 0. The zero-order chi connectivity index (χ0) is 13.1. The highest BCUT2D eigenvalue weighted by molar-refractivity contribution is 6.21. The number of ether oxygens (including phenoxy) is 2. The van der Waals surface area contributed by atoms with Crippen LogP contribution in [0.4, 0.5) is 0 Å². The molecule has 0 aliphatic carbocycles. The highest BCUT2D eigenvalue weighted by Gasteiger charge is 2.25. The summed E-state index contributed by atoms with van der Waals surface area (Å²) in [6, 6.07) is 5.17. The Morgan fingerprint density at radius 3 is 2.61 bits per heavy atom. The zero-order valence-corrected chi connectivity index (χ0v) is 11.2. The van der Waals surface area contributed by atoms with E-state index in [2.05, 4.69) is 0 Å². The lowest BCUT2D eigenvalue weighted by molar-refractivity contribution is 0.0792. The van der Waals surface area contributed by atoms with Crippen LogP contribution in [0.5, 0.6) is 11.5 Å². The Morgan fingerprint density at radius 1 is 1.33 bits per heavy atom. The molecule has 0 N–H and O–H groups in total. The largest absolute Gasteiger partial charge is 0.493 e. The summed E-state index contributed by atoms with van der Waals surface area (Å²) in [5.74, 6) is 1.16. The Morgan fingerprint density at radius 2 is 2.06 bits per heavy atom. The molecule has 0 aromatic heterocycles. The van der Waals surface area contributed by atoms with E-state index < -0.39 is 0 Å². The van der Waals surface area contributed by atoms with Gasteiger partial charge in [0.1, 0.15) is 0 Å². The number of halogens is 1. The predicted molar refractivity (Wildman–Crippen MR) is 69.7 cm³/mol. The number of amides is 1. The van der Waals surface area contributed by atoms with E-state index >= 15 is 0 Å². The number of benzene rings is 1. The minimum absolute atomic E-state index is 0.0147. The molecule has 4 nitrogen and oxygen atoms in total. The third-order valence-electron chi connectivity index (χ3n) is 3.05. The van der Waals surface area contributed by atoms with E-state index in [1.165, 1.54) is 0 Å². The first-order valence-corrected chi connectivity index (χ1v) is 6.24. The van der Waals surface area contributed by atoms with Gasteiger partial charge >= 0.3 is 0 Å². The molecule has 1 heterocycles. The van der Waals surface area contributed by atoms with Crippen LogP contribution in [0.15, 0.2) is 18.2 Å². The number of carbonyl (C=O) groups excluding carboxylic acids is 1. The van der Waals surface area contributed by atoms with Gasteiger partial charge < -0.3 is 14.4 Å². The number of hydrogen-bond acceptors (Lipinski definition) is 3. The van der Waals surface area contributed by atoms with Crippen LogP contribution in [0.3, 0.4) is 0 Å². The minimum atomic E-state index is -0.0147. The van der Waals surface area contributed by atoms with Gasteiger partial charge in [-0.3, -0.25) is 4.79 Å². The molecule has 5 heteroatoms. The number of methoxy groups -OCH3 is 2. The second kappa shape index (κ2) is 5.48. The van der Waals surface area contributed by atoms with E-state index in [0.29, 0.717) is 30.2 Å². The maximum absolute atomic E-state index is 12.2. The number of rotatable bonds is 3. The maximum Gasteiger partial charge on any atom is 0.254 e. The van der Waals surface area contributed by atoms with Crippen molar-refractivity contribution >= 4 is 17.5 Å². The second-order valence-corrected chi connectivity index (χ2v) is 4.82. The molecule has 0 radical (unpaired) electrons. The zero-order valence-electron chi connectivity index (χ0n) is 10.5. The monoisotopic (exact) mass is 269 g/mol. The van der Waals surface area contributed by atoms with Crippen molar-refractivity contribution in [2.45, 2.75) is 11.8 Å². The van der Waals surface area contributed by atoms with Gasteiger partial charge in [-0.25, -0.2) is 0 Å². The predicted octanol–water partition coefficient (Wildman–Crippen LogP) is 2.16. The average molecular weight is 270 g/mol. The van der Waals surface area contributed by atoms with Crippen molar-refractivity contribution in [3.63, 3.8) is 0 Å². The Bertz CT molecular complexity index is 450. The maximum atomic E-state index is 12.2. The fourth-order valence-corrected chi connectivity index (χ4v) is 2.32. The van der Waals surface area contributed by atoms with E-state index in [0.717, 1.165) is 6.42 Å². The molecule has 1 aromatic carbocycles. The average Bonchev–Trinajstić information content (AvgIpc) is 2.83. The molecule has 1 amide bonds. The van der Waals surface area contributed by atoms with Gasteiger partial charge in [0.25, 0.3) is 5.91 Å². The van der Waals surface area contributed by atoms with Gasteiger partial charge in [0.2, 0.25) is 0 Å². The lowest BCUT2D eigenvalue weighted by Gasteiger charge is -2.16. The van der Waals surface area contributed by atoms with Crippen molar-refractivity contribution in [1.82, 2.24) is 4.90 Å². The van der Waals surface area contributed by atoms with Gasteiger partial charge in [0, 0.05) is 18.7 Å². The summed E-state index contributed by atoms with van der Waals surface area (Å²) in [4.78, 5) is 14.0. The summed E-state index contributed by atoms with van der Waals surface area (Å²) in [7, 11) is 3.12. The first kappa shape index (κ1) is 13.0. The van der Waals surface area contributed by atoms with E-state index in [1.54, 1.807) is 37.3 Å². The smallest absolute Gasteiger partial charge is 0.254 e. The fourth-order valence-electron chi connectivity index (χ4n) is 2.05. The lowest BCUT2D eigenvalue weighted by atomic mass is 10.2. The quantitative estimate of drug-likeness (QED) is 0.790. The molecule has 2 rings (SSSR count). The lowest BCUT2D eigenvalue weighted by Crippen LogP contribution is -2.28. The van der Waals surface area contributed by atoms with E-state index in [1.807, 2.05) is 0 Å². The summed E-state index contributed by atoms with van der Waals surface area (Å²) in [6.07, 6.45) is 0.848. The van der Waals surface area contributed by atoms with Crippen molar-refractivity contribution in [3.8, 4) is 11.5 Å². The van der Waals surface area contributed by atoms with Crippen LogP contribution in [0.25, 0.3) is 0 Å². The number of alkyl halides is 1. The molecule has 0 bridgehead atoms. The van der Waals surface area contributed by atoms with Gasteiger partial charge in [-0.05, 0) is 24.6 Å². The standard InChI is InChI=1S/C13H16ClNO3/c1-17-11-4-3-9(7-12(11)18-2)13(16)15-6-5-10(14)8-15/h3-4,7,10H,5-6,8H2,1-2H3. The highest BCUT2D eigenvalue weighted by Crippen LogP contribution is 2.28. The molecule has 18 heavy (non-hydrogen) atoms. The topological polar surface area (TPSA) is 38.8 Å². The Kier molecular flexibility index (Phi) is 3.97. The molecule has 98 valence electrons. The summed E-state index contributed by atoms with van der Waals surface area (Å²) in [5, 5.41) is 0.0640. The summed E-state index contributed by atoms with van der Waals surface area (Å²) < 4.78 is 10.3. The van der Waals surface area contributed by atoms with Crippen molar-refractivity contribution in [2.24, 2.45) is 0 Å². The summed E-state index contributed by atoms with van der Waals surface area (Å²) in [5.41, 5.74) is 0.596. The van der Waals surface area contributed by atoms with E-state index in [9.17, 15) is 4.79 Å². The fraction of sp³-hybridized carbons (Fsp3) is 0.462. The van der Waals surface area contributed by atoms with E-state index in [-0.39, 0.29) is 11.3 Å². The number of carbonyl (C=O) groups is 1. The molecule has 1 fully saturated rings. The van der Waals surface area contributed by atoms with Gasteiger partial charge in [0.05, 0.1) is 19.6 Å². The van der Waals surface area contributed by atoms with Crippen molar-refractivity contribution < 1.29 is 14.3 Å². The van der Waals surface area contributed by atoms with Crippen LogP contribution in [0.2, 0.25) is 0 Å². The molecular weight excluding hydrogens is 254 g/mol. The third kappa shape index (κ3) is 2.53. The first-order valence-electron chi connectivity index (χ1n) is 5.81. The molecule has 1 saturated heterocycles. The number of nitrogens with zero attached hydrogens (tertiary/aromatic N) is 1. The van der Waals surface area contributed by atoms with Gasteiger partial charge in [-0.15, -0.1) is 11.6 Å². The second-order valence-electron chi connectivity index (χ2n) is 4.21. The van der Waals surface area contributed by atoms with Crippen LogP contribution in [-0.4, -0.2) is 43.5 Å². The third-order valence-corrected chi connectivity index (χ3v) is 3.40. The van der Waals surface area contributed by atoms with Crippen LogP contribution in [0.1, 0.15) is 16.8 Å². The van der Waals surface area contributed by atoms with Crippen molar-refractivity contribution in [1.29, 1.82) is 0 Å².